The van der Waals surface area contributed by atoms with Gasteiger partial charge in [0, 0.05) is 49.7 Å². The predicted molar refractivity (Wildman–Crippen MR) is 125 cm³/mol. The van der Waals surface area contributed by atoms with E-state index in [0.717, 1.165) is 16.9 Å². The Morgan fingerprint density at radius 3 is 1.91 bits per heavy atom. The van der Waals surface area contributed by atoms with Crippen molar-refractivity contribution in [3.05, 3.63) is 103 Å². The highest BCUT2D eigenvalue weighted by Gasteiger charge is 2.28. The molecule has 0 bridgehead atoms. The van der Waals surface area contributed by atoms with Crippen molar-refractivity contribution in [2.24, 2.45) is 0 Å². The molecule has 33 heavy (non-hydrogen) atoms. The van der Waals surface area contributed by atoms with Gasteiger partial charge in [-0.2, -0.15) is 5.10 Å². The minimum absolute atomic E-state index is 0.0369. The van der Waals surface area contributed by atoms with Crippen LogP contribution < -0.4 is 0 Å². The number of benzene rings is 2. The van der Waals surface area contributed by atoms with Crippen molar-refractivity contribution in [3.63, 3.8) is 0 Å². The van der Waals surface area contributed by atoms with Gasteiger partial charge >= 0.3 is 0 Å². The number of para-hydroxylation sites is 1. The van der Waals surface area contributed by atoms with Crippen molar-refractivity contribution < 1.29 is 9.59 Å². The van der Waals surface area contributed by atoms with Gasteiger partial charge in [-0.1, -0.05) is 48.5 Å². The largest absolute Gasteiger partial charge is 0.335 e. The molecular weight excluding hydrogens is 414 g/mol. The van der Waals surface area contributed by atoms with Crippen LogP contribution in [0, 0.1) is 0 Å². The predicted octanol–water partition coefficient (Wildman–Crippen LogP) is 3.53. The first-order valence-corrected chi connectivity index (χ1v) is 10.9. The molecular formula is C26H23N5O2. The van der Waals surface area contributed by atoms with Gasteiger partial charge in [0.1, 0.15) is 5.69 Å². The molecule has 1 aliphatic rings. The fourth-order valence-electron chi connectivity index (χ4n) is 4.00. The number of nitrogens with zero attached hydrogens (tertiary/aromatic N) is 5. The zero-order valence-corrected chi connectivity index (χ0v) is 18.0. The van der Waals surface area contributed by atoms with E-state index in [2.05, 4.69) is 4.98 Å². The van der Waals surface area contributed by atoms with Gasteiger partial charge in [0.25, 0.3) is 11.8 Å². The highest BCUT2D eigenvalue weighted by Crippen LogP contribution is 2.23. The summed E-state index contributed by atoms with van der Waals surface area (Å²) in [6.45, 7) is 1.91. The van der Waals surface area contributed by atoms with E-state index in [4.69, 9.17) is 5.10 Å². The lowest BCUT2D eigenvalue weighted by atomic mass is 10.1. The molecule has 0 atom stereocenters. The standard InChI is InChI=1S/C26H23N5O2/c32-25(21-11-13-27-14-12-21)29-15-17-30(18-16-29)26(33)24-19-23(20-7-3-1-4-8-20)28-31(24)22-9-5-2-6-10-22/h1-14,19H,15-18H2. The third-order valence-electron chi connectivity index (χ3n) is 5.78. The van der Waals surface area contributed by atoms with Crippen molar-refractivity contribution in [3.8, 4) is 16.9 Å². The minimum Gasteiger partial charge on any atom is -0.335 e. The average molecular weight is 438 g/mol. The fourth-order valence-corrected chi connectivity index (χ4v) is 4.00. The zero-order chi connectivity index (χ0) is 22.6. The van der Waals surface area contributed by atoms with Gasteiger partial charge < -0.3 is 9.80 Å². The zero-order valence-electron chi connectivity index (χ0n) is 18.0. The number of aromatic nitrogens is 3. The molecule has 1 aliphatic heterocycles. The normalized spacial score (nSPS) is 13.7. The van der Waals surface area contributed by atoms with Crippen molar-refractivity contribution in [1.29, 1.82) is 0 Å². The van der Waals surface area contributed by atoms with Gasteiger partial charge in [-0.25, -0.2) is 4.68 Å². The Morgan fingerprint density at radius 2 is 1.27 bits per heavy atom. The van der Waals surface area contributed by atoms with E-state index >= 15 is 0 Å². The minimum atomic E-state index is -0.0930. The Hall–Kier alpha value is -4.26. The maximum absolute atomic E-state index is 13.5. The van der Waals surface area contributed by atoms with Gasteiger partial charge in [0.05, 0.1) is 11.4 Å². The molecule has 2 aromatic carbocycles. The van der Waals surface area contributed by atoms with Crippen LogP contribution in [0.1, 0.15) is 20.8 Å². The Bertz CT molecular complexity index is 1250. The van der Waals surface area contributed by atoms with Crippen LogP contribution >= 0.6 is 0 Å². The molecule has 3 heterocycles. The van der Waals surface area contributed by atoms with Crippen LogP contribution in [0.25, 0.3) is 16.9 Å². The number of carbonyl (C=O) groups is 2. The summed E-state index contributed by atoms with van der Waals surface area (Å²) >= 11 is 0. The van der Waals surface area contributed by atoms with E-state index in [-0.39, 0.29) is 11.8 Å². The van der Waals surface area contributed by atoms with Crippen LogP contribution in [0.4, 0.5) is 0 Å². The quantitative estimate of drug-likeness (QED) is 0.490. The summed E-state index contributed by atoms with van der Waals surface area (Å²) in [5.74, 6) is -0.130. The highest BCUT2D eigenvalue weighted by molar-refractivity contribution is 5.96. The summed E-state index contributed by atoms with van der Waals surface area (Å²) in [6, 6.07) is 24.8. The average Bonchev–Trinajstić information content (AvgIpc) is 3.35. The van der Waals surface area contributed by atoms with Gasteiger partial charge in [-0.3, -0.25) is 14.6 Å². The van der Waals surface area contributed by atoms with Crippen molar-refractivity contribution in [1.82, 2.24) is 24.6 Å². The topological polar surface area (TPSA) is 71.3 Å². The summed E-state index contributed by atoms with van der Waals surface area (Å²) in [6.07, 6.45) is 3.23. The van der Waals surface area contributed by atoms with Crippen molar-refractivity contribution in [2.45, 2.75) is 0 Å². The fraction of sp³-hybridized carbons (Fsp3) is 0.154. The smallest absolute Gasteiger partial charge is 0.272 e. The molecule has 0 N–H and O–H groups in total. The Morgan fingerprint density at radius 1 is 0.697 bits per heavy atom. The van der Waals surface area contributed by atoms with Gasteiger partial charge in [0.2, 0.25) is 0 Å². The first-order valence-electron chi connectivity index (χ1n) is 10.9. The third kappa shape index (κ3) is 4.25. The third-order valence-corrected chi connectivity index (χ3v) is 5.78. The molecule has 5 rings (SSSR count). The number of hydrogen-bond donors (Lipinski definition) is 0. The number of rotatable bonds is 4. The lowest BCUT2D eigenvalue weighted by Crippen LogP contribution is -2.50. The number of carbonyl (C=O) groups excluding carboxylic acids is 2. The maximum atomic E-state index is 13.5. The first kappa shape index (κ1) is 20.6. The van der Waals surface area contributed by atoms with E-state index in [1.54, 1.807) is 39.0 Å². The second-order valence-electron chi connectivity index (χ2n) is 7.85. The molecule has 7 nitrogen and oxygen atoms in total. The summed E-state index contributed by atoms with van der Waals surface area (Å²) in [4.78, 5) is 33.8. The molecule has 164 valence electrons. The maximum Gasteiger partial charge on any atom is 0.272 e. The summed E-state index contributed by atoms with van der Waals surface area (Å²) < 4.78 is 1.71. The van der Waals surface area contributed by atoms with Crippen LogP contribution in [0.5, 0.6) is 0 Å². The molecule has 0 unspecified atom stereocenters. The number of hydrogen-bond acceptors (Lipinski definition) is 4. The van der Waals surface area contributed by atoms with Gasteiger partial charge in [-0.05, 0) is 30.3 Å². The molecule has 0 spiro atoms. The van der Waals surface area contributed by atoms with E-state index < -0.39 is 0 Å². The van der Waals surface area contributed by atoms with E-state index in [1.807, 2.05) is 66.7 Å². The molecule has 0 aliphatic carbocycles. The summed E-state index contributed by atoms with van der Waals surface area (Å²) in [5, 5.41) is 4.75. The first-order chi connectivity index (χ1) is 16.2. The lowest BCUT2D eigenvalue weighted by molar-refractivity contribution is 0.0530. The molecule has 0 radical (unpaired) electrons. The number of piperazine rings is 1. The molecule has 0 saturated carbocycles. The van der Waals surface area contributed by atoms with Crippen LogP contribution in [0.2, 0.25) is 0 Å². The monoisotopic (exact) mass is 437 g/mol. The van der Waals surface area contributed by atoms with Gasteiger partial charge in [0.15, 0.2) is 0 Å². The van der Waals surface area contributed by atoms with Crippen LogP contribution in [0.3, 0.4) is 0 Å². The van der Waals surface area contributed by atoms with E-state index in [0.29, 0.717) is 37.4 Å². The second-order valence-corrected chi connectivity index (χ2v) is 7.85. The number of pyridine rings is 1. The lowest BCUT2D eigenvalue weighted by Gasteiger charge is -2.34. The van der Waals surface area contributed by atoms with Crippen molar-refractivity contribution in [2.75, 3.05) is 26.2 Å². The SMILES string of the molecule is O=C(c1ccncc1)N1CCN(C(=O)c2cc(-c3ccccc3)nn2-c2ccccc2)CC1. The van der Waals surface area contributed by atoms with Crippen LogP contribution in [0.15, 0.2) is 91.3 Å². The van der Waals surface area contributed by atoms with E-state index in [9.17, 15) is 9.59 Å². The Balaban J connectivity index is 1.38. The molecule has 2 amide bonds. The molecule has 2 aromatic heterocycles. The Kier molecular flexibility index (Phi) is 5.68. The summed E-state index contributed by atoms with van der Waals surface area (Å²) in [7, 11) is 0. The van der Waals surface area contributed by atoms with Gasteiger partial charge in [-0.15, -0.1) is 0 Å². The molecule has 7 heteroatoms. The van der Waals surface area contributed by atoms with Crippen LogP contribution in [-0.4, -0.2) is 62.6 Å². The molecule has 4 aromatic rings. The highest BCUT2D eigenvalue weighted by atomic mass is 16.2. The molecule has 1 fully saturated rings. The second kappa shape index (κ2) is 9.08. The molecule has 1 saturated heterocycles. The van der Waals surface area contributed by atoms with Crippen LogP contribution in [-0.2, 0) is 0 Å². The number of amides is 2. The van der Waals surface area contributed by atoms with E-state index in [1.165, 1.54) is 0 Å². The van der Waals surface area contributed by atoms with Crippen molar-refractivity contribution >= 4 is 11.8 Å². The summed E-state index contributed by atoms with van der Waals surface area (Å²) in [5.41, 5.74) is 3.64. The Labute approximate surface area is 191 Å².